The van der Waals surface area contributed by atoms with Crippen LogP contribution >= 0.6 is 11.8 Å². The molecular formula is C34H33NO6S. The van der Waals surface area contributed by atoms with Crippen LogP contribution in [0.1, 0.15) is 36.1 Å². The van der Waals surface area contributed by atoms with Crippen LogP contribution in [0.2, 0.25) is 0 Å². The molecule has 7 nitrogen and oxygen atoms in total. The molecule has 42 heavy (non-hydrogen) atoms. The number of carbonyl (C=O) groups excluding carboxylic acids is 2. The van der Waals surface area contributed by atoms with Crippen LogP contribution in [0.15, 0.2) is 91.0 Å². The van der Waals surface area contributed by atoms with Crippen molar-refractivity contribution in [2.75, 3.05) is 20.3 Å². The van der Waals surface area contributed by atoms with Crippen LogP contribution in [0, 0.1) is 0 Å². The molecule has 0 aliphatic carbocycles. The van der Waals surface area contributed by atoms with Gasteiger partial charge in [0.25, 0.3) is 5.24 Å². The van der Waals surface area contributed by atoms with Gasteiger partial charge in [-0.3, -0.25) is 14.9 Å². The number of amides is 2. The highest BCUT2D eigenvalue weighted by molar-refractivity contribution is 8.15. The molecule has 1 unspecified atom stereocenters. The first-order valence-electron chi connectivity index (χ1n) is 14.0. The lowest BCUT2D eigenvalue weighted by Gasteiger charge is -2.15. The van der Waals surface area contributed by atoms with Crippen molar-refractivity contribution >= 4 is 22.9 Å². The monoisotopic (exact) mass is 583 g/mol. The van der Waals surface area contributed by atoms with Gasteiger partial charge in [-0.15, -0.1) is 0 Å². The van der Waals surface area contributed by atoms with Crippen molar-refractivity contribution in [2.45, 2.75) is 31.4 Å². The summed E-state index contributed by atoms with van der Waals surface area (Å²) in [6.07, 6.45) is 2.53. The quantitative estimate of drug-likeness (QED) is 0.160. The lowest BCUT2D eigenvalue weighted by molar-refractivity contribution is -0.119. The molecule has 1 saturated heterocycles. The molecule has 4 aromatic carbocycles. The summed E-state index contributed by atoms with van der Waals surface area (Å²) in [7, 11) is 1.67. The molecule has 1 heterocycles. The van der Waals surface area contributed by atoms with Crippen LogP contribution < -0.4 is 24.3 Å². The zero-order chi connectivity index (χ0) is 29.3. The standard InChI is InChI=1S/C34H33NO6S/c1-3-9-24-21-28(41-27-13-6-10-23(20-27)29-14-4-5-15-31(29)38-2)16-17-30(24)40-19-8-18-39-26-12-7-11-25(22-26)32-33(36)35-34(37)42-32/h4-7,10-17,20-22,32H,3,8-9,18-19H2,1-2H3,(H,35,36,37). The van der Waals surface area contributed by atoms with Gasteiger partial charge in [0.05, 0.1) is 20.3 Å². The number of hydrogen-bond acceptors (Lipinski definition) is 7. The van der Waals surface area contributed by atoms with E-state index >= 15 is 0 Å². The summed E-state index contributed by atoms with van der Waals surface area (Å²) in [4.78, 5) is 23.5. The third kappa shape index (κ3) is 7.25. The van der Waals surface area contributed by atoms with Gasteiger partial charge in [-0.1, -0.05) is 55.8 Å². The molecule has 216 valence electrons. The van der Waals surface area contributed by atoms with Crippen molar-refractivity contribution < 1.29 is 28.5 Å². The molecule has 5 rings (SSSR count). The Morgan fingerprint density at radius 3 is 2.38 bits per heavy atom. The number of rotatable bonds is 13. The fraction of sp³-hybridized carbons (Fsp3) is 0.235. The second kappa shape index (κ2) is 14.0. The largest absolute Gasteiger partial charge is 0.496 e. The minimum absolute atomic E-state index is 0.295. The van der Waals surface area contributed by atoms with Crippen molar-refractivity contribution in [3.63, 3.8) is 0 Å². The summed E-state index contributed by atoms with van der Waals surface area (Å²) in [5.41, 5.74) is 3.86. The first-order valence-corrected chi connectivity index (χ1v) is 14.8. The lowest BCUT2D eigenvalue weighted by Crippen LogP contribution is -2.20. The minimum atomic E-state index is -0.537. The van der Waals surface area contributed by atoms with Gasteiger partial charge in [0.15, 0.2) is 0 Å². The predicted octanol–water partition coefficient (Wildman–Crippen LogP) is 7.98. The Bertz CT molecular complexity index is 1550. The van der Waals surface area contributed by atoms with E-state index in [1.807, 2.05) is 84.9 Å². The maximum atomic E-state index is 12.0. The summed E-state index contributed by atoms with van der Waals surface area (Å²) >= 11 is 0.984. The second-order valence-corrected chi connectivity index (χ2v) is 10.8. The molecule has 0 radical (unpaired) electrons. The highest BCUT2D eigenvalue weighted by Gasteiger charge is 2.33. The van der Waals surface area contributed by atoms with Crippen LogP contribution in [-0.2, 0) is 11.2 Å². The molecule has 0 aromatic heterocycles. The maximum Gasteiger partial charge on any atom is 0.286 e. The van der Waals surface area contributed by atoms with Crippen LogP contribution in [-0.4, -0.2) is 31.5 Å². The normalized spacial score (nSPS) is 14.4. The van der Waals surface area contributed by atoms with Crippen LogP contribution in [0.3, 0.4) is 0 Å². The van der Waals surface area contributed by atoms with E-state index in [0.717, 1.165) is 69.9 Å². The number of hydrogen-bond donors (Lipinski definition) is 1. The highest BCUT2D eigenvalue weighted by atomic mass is 32.2. The van der Waals surface area contributed by atoms with Gasteiger partial charge in [-0.2, -0.15) is 0 Å². The van der Waals surface area contributed by atoms with E-state index in [1.165, 1.54) is 0 Å². The lowest BCUT2D eigenvalue weighted by atomic mass is 10.0. The third-order valence-electron chi connectivity index (χ3n) is 6.70. The highest BCUT2D eigenvalue weighted by Crippen LogP contribution is 2.36. The molecule has 1 fully saturated rings. The molecule has 0 bridgehead atoms. The van der Waals surface area contributed by atoms with E-state index in [1.54, 1.807) is 13.2 Å². The van der Waals surface area contributed by atoms with E-state index in [4.69, 9.17) is 18.9 Å². The van der Waals surface area contributed by atoms with E-state index in [-0.39, 0.29) is 11.1 Å². The average Bonchev–Trinajstić information content (AvgIpc) is 3.35. The van der Waals surface area contributed by atoms with Gasteiger partial charge in [0.2, 0.25) is 5.91 Å². The molecule has 8 heteroatoms. The summed E-state index contributed by atoms with van der Waals surface area (Å²) in [5.74, 6) is 3.51. The summed E-state index contributed by atoms with van der Waals surface area (Å²) in [6, 6.07) is 29.1. The molecule has 2 amide bonds. The SMILES string of the molecule is CCCc1cc(Oc2cccc(-c3ccccc3OC)c2)ccc1OCCCOc1cccc(C2SC(=O)NC2=O)c1. The average molecular weight is 584 g/mol. The van der Waals surface area contributed by atoms with Gasteiger partial charge < -0.3 is 18.9 Å². The molecule has 1 aliphatic rings. The van der Waals surface area contributed by atoms with Gasteiger partial charge in [0.1, 0.15) is 34.0 Å². The number of aryl methyl sites for hydroxylation is 1. The summed E-state index contributed by atoms with van der Waals surface area (Å²) in [6.45, 7) is 3.09. The second-order valence-electron chi connectivity index (χ2n) is 9.75. The molecule has 0 saturated carbocycles. The van der Waals surface area contributed by atoms with E-state index in [0.29, 0.717) is 25.4 Å². The Morgan fingerprint density at radius 1 is 0.786 bits per heavy atom. The molecule has 0 spiro atoms. The summed E-state index contributed by atoms with van der Waals surface area (Å²) in [5, 5.41) is 1.45. The molecule has 1 aliphatic heterocycles. The maximum absolute atomic E-state index is 12.0. The Labute approximate surface area is 250 Å². The van der Waals surface area contributed by atoms with Gasteiger partial charge in [-0.05, 0) is 83.4 Å². The Kier molecular flexibility index (Phi) is 9.66. The predicted molar refractivity (Wildman–Crippen MR) is 165 cm³/mol. The topological polar surface area (TPSA) is 83.1 Å². The zero-order valence-electron chi connectivity index (χ0n) is 23.6. The smallest absolute Gasteiger partial charge is 0.286 e. The Hall–Kier alpha value is -4.43. The van der Waals surface area contributed by atoms with Gasteiger partial charge in [0, 0.05) is 12.0 Å². The number of para-hydroxylation sites is 1. The van der Waals surface area contributed by atoms with Gasteiger partial charge >= 0.3 is 0 Å². The number of imide groups is 1. The number of thioether (sulfide) groups is 1. The van der Waals surface area contributed by atoms with Crippen molar-refractivity contribution in [1.82, 2.24) is 5.32 Å². The Morgan fingerprint density at radius 2 is 1.57 bits per heavy atom. The number of methoxy groups -OCH3 is 1. The fourth-order valence-corrected chi connectivity index (χ4v) is 5.57. The molecule has 1 N–H and O–H groups in total. The first-order chi connectivity index (χ1) is 20.5. The fourth-order valence-electron chi connectivity index (χ4n) is 4.75. The van der Waals surface area contributed by atoms with Gasteiger partial charge in [-0.25, -0.2) is 0 Å². The molecular weight excluding hydrogens is 550 g/mol. The van der Waals surface area contributed by atoms with E-state index in [9.17, 15) is 9.59 Å². The van der Waals surface area contributed by atoms with E-state index in [2.05, 4.69) is 12.2 Å². The van der Waals surface area contributed by atoms with E-state index < -0.39 is 5.25 Å². The number of nitrogens with one attached hydrogen (secondary N) is 1. The van der Waals surface area contributed by atoms with Crippen molar-refractivity contribution in [1.29, 1.82) is 0 Å². The van der Waals surface area contributed by atoms with Crippen LogP contribution in [0.25, 0.3) is 11.1 Å². The van der Waals surface area contributed by atoms with Crippen LogP contribution in [0.5, 0.6) is 28.7 Å². The third-order valence-corrected chi connectivity index (χ3v) is 7.74. The van der Waals surface area contributed by atoms with Crippen molar-refractivity contribution in [2.24, 2.45) is 0 Å². The van der Waals surface area contributed by atoms with Crippen LogP contribution in [0.4, 0.5) is 4.79 Å². The molecule has 1 atom stereocenters. The number of carbonyl (C=O) groups is 2. The van der Waals surface area contributed by atoms with Crippen molar-refractivity contribution in [3.05, 3.63) is 102 Å². The summed E-state index contributed by atoms with van der Waals surface area (Å²) < 4.78 is 23.8. The first kappa shape index (κ1) is 29.1. The minimum Gasteiger partial charge on any atom is -0.496 e. The van der Waals surface area contributed by atoms with Crippen molar-refractivity contribution in [3.8, 4) is 39.9 Å². The number of benzene rings is 4. The Balaban J connectivity index is 1.16. The molecule has 4 aromatic rings. The number of ether oxygens (including phenoxy) is 4. The zero-order valence-corrected chi connectivity index (χ0v) is 24.4.